The molecule has 1 unspecified atom stereocenters. The Labute approximate surface area is 229 Å². The van der Waals surface area contributed by atoms with Crippen molar-refractivity contribution in [3.8, 4) is 5.75 Å². The van der Waals surface area contributed by atoms with Crippen molar-refractivity contribution in [3.05, 3.63) is 53.2 Å². The zero-order valence-electron chi connectivity index (χ0n) is 23.2. The lowest BCUT2D eigenvalue weighted by atomic mass is 9.83. The number of nitrogens with one attached hydrogen (secondary N) is 2. The van der Waals surface area contributed by atoms with E-state index in [0.717, 1.165) is 46.9 Å². The van der Waals surface area contributed by atoms with Crippen molar-refractivity contribution >= 4 is 39.0 Å². The SMILES string of the molecule is COc1cccc(C(C)NC(=O)N2CCN(c3ncnc4cc(C5=CC(C)(C)NC(C)(C)C5)sc34)CC2)c1. The lowest BCUT2D eigenvalue weighted by Crippen LogP contribution is -2.53. The third kappa shape index (κ3) is 5.63. The lowest BCUT2D eigenvalue weighted by Gasteiger charge is -2.41. The molecule has 2 aliphatic rings. The van der Waals surface area contributed by atoms with Crippen LogP contribution in [0, 0.1) is 0 Å². The molecule has 2 N–H and O–H groups in total. The fourth-order valence-corrected chi connectivity index (χ4v) is 6.83. The molecule has 1 saturated heterocycles. The Balaban J connectivity index is 1.27. The van der Waals surface area contributed by atoms with Gasteiger partial charge in [-0.1, -0.05) is 18.2 Å². The summed E-state index contributed by atoms with van der Waals surface area (Å²) in [6.45, 7) is 13.7. The Kier molecular flexibility index (Phi) is 7.09. The molecule has 2 aliphatic heterocycles. The number of thiophene rings is 1. The number of methoxy groups -OCH3 is 1. The number of anilines is 1. The van der Waals surface area contributed by atoms with E-state index in [1.54, 1.807) is 24.8 Å². The highest BCUT2D eigenvalue weighted by molar-refractivity contribution is 7.20. The summed E-state index contributed by atoms with van der Waals surface area (Å²) in [4.78, 5) is 27.7. The van der Waals surface area contributed by atoms with E-state index in [2.05, 4.69) is 65.3 Å². The summed E-state index contributed by atoms with van der Waals surface area (Å²) < 4.78 is 6.43. The van der Waals surface area contributed by atoms with E-state index in [1.165, 1.54) is 10.5 Å². The highest BCUT2D eigenvalue weighted by atomic mass is 32.1. The van der Waals surface area contributed by atoms with E-state index < -0.39 is 0 Å². The molecule has 8 nitrogen and oxygen atoms in total. The summed E-state index contributed by atoms with van der Waals surface area (Å²) in [6.07, 6.45) is 4.97. The average Bonchev–Trinajstić information content (AvgIpc) is 3.32. The maximum absolute atomic E-state index is 13.0. The van der Waals surface area contributed by atoms with Gasteiger partial charge in [0.05, 0.1) is 23.4 Å². The first-order chi connectivity index (χ1) is 18.0. The number of carbonyl (C=O) groups excluding carboxylic acids is 1. The number of rotatable bonds is 5. The molecule has 9 heteroatoms. The fraction of sp³-hybridized carbons (Fsp3) is 0.483. The molecule has 0 saturated carbocycles. The van der Waals surface area contributed by atoms with Crippen LogP contribution >= 0.6 is 11.3 Å². The summed E-state index contributed by atoms with van der Waals surface area (Å²) in [6, 6.07) is 9.86. The molecule has 4 heterocycles. The smallest absolute Gasteiger partial charge is 0.317 e. The second-order valence-electron chi connectivity index (χ2n) is 11.5. The van der Waals surface area contributed by atoms with Crippen molar-refractivity contribution in [1.29, 1.82) is 0 Å². The van der Waals surface area contributed by atoms with E-state index in [0.29, 0.717) is 13.1 Å². The Morgan fingerprint density at radius 3 is 2.61 bits per heavy atom. The van der Waals surface area contributed by atoms with Crippen LogP contribution in [0.5, 0.6) is 5.75 Å². The van der Waals surface area contributed by atoms with E-state index >= 15 is 0 Å². The summed E-state index contributed by atoms with van der Waals surface area (Å²) in [5.41, 5.74) is 3.32. The lowest BCUT2D eigenvalue weighted by molar-refractivity contribution is 0.191. The molecule has 0 bridgehead atoms. The molecule has 3 aromatic rings. The highest BCUT2D eigenvalue weighted by Gasteiger charge is 2.33. The van der Waals surface area contributed by atoms with E-state index in [1.807, 2.05) is 36.1 Å². The number of fused-ring (bicyclic) bond motifs is 1. The van der Waals surface area contributed by atoms with Gasteiger partial charge >= 0.3 is 6.03 Å². The third-order valence-corrected chi connectivity index (χ3v) is 8.43. The second-order valence-corrected chi connectivity index (χ2v) is 12.6. The predicted molar refractivity (Wildman–Crippen MR) is 155 cm³/mol. The second kappa shape index (κ2) is 10.2. The molecular formula is C29H38N6O2S. The van der Waals surface area contributed by atoms with Gasteiger partial charge in [-0.3, -0.25) is 0 Å². The van der Waals surface area contributed by atoms with Crippen LogP contribution in [0.25, 0.3) is 15.8 Å². The summed E-state index contributed by atoms with van der Waals surface area (Å²) in [5, 5.41) is 6.85. The molecule has 0 spiro atoms. The minimum absolute atomic E-state index is 0.0270. The molecule has 1 aromatic carbocycles. The first kappa shape index (κ1) is 26.4. The molecular weight excluding hydrogens is 496 g/mol. The Morgan fingerprint density at radius 1 is 1.13 bits per heavy atom. The number of hydrogen-bond acceptors (Lipinski definition) is 7. The van der Waals surface area contributed by atoms with Gasteiger partial charge in [0.1, 0.15) is 17.9 Å². The van der Waals surface area contributed by atoms with Crippen LogP contribution in [-0.4, -0.2) is 65.3 Å². The molecule has 0 radical (unpaired) electrons. The molecule has 202 valence electrons. The zero-order chi connectivity index (χ0) is 27.1. The van der Waals surface area contributed by atoms with Crippen molar-refractivity contribution in [2.75, 3.05) is 38.2 Å². The minimum Gasteiger partial charge on any atom is -0.497 e. The van der Waals surface area contributed by atoms with Gasteiger partial charge in [-0.25, -0.2) is 14.8 Å². The minimum atomic E-state index is -0.110. The average molecular weight is 535 g/mol. The monoisotopic (exact) mass is 534 g/mol. The van der Waals surface area contributed by atoms with Crippen LogP contribution in [0.2, 0.25) is 0 Å². The van der Waals surface area contributed by atoms with Crippen molar-refractivity contribution < 1.29 is 9.53 Å². The van der Waals surface area contributed by atoms with Crippen molar-refractivity contribution in [2.24, 2.45) is 0 Å². The van der Waals surface area contributed by atoms with Gasteiger partial charge in [-0.15, -0.1) is 11.3 Å². The first-order valence-electron chi connectivity index (χ1n) is 13.2. The number of urea groups is 1. The van der Waals surface area contributed by atoms with Crippen LogP contribution in [0.4, 0.5) is 10.6 Å². The number of ether oxygens (including phenoxy) is 1. The highest BCUT2D eigenvalue weighted by Crippen LogP contribution is 2.40. The summed E-state index contributed by atoms with van der Waals surface area (Å²) >= 11 is 1.78. The largest absolute Gasteiger partial charge is 0.497 e. The Hall–Kier alpha value is -3.17. The number of amides is 2. The quantitative estimate of drug-likeness (QED) is 0.467. The Morgan fingerprint density at radius 2 is 1.89 bits per heavy atom. The van der Waals surface area contributed by atoms with Gasteiger partial charge in [-0.05, 0) is 70.4 Å². The van der Waals surface area contributed by atoms with E-state index in [9.17, 15) is 4.79 Å². The van der Waals surface area contributed by atoms with Gasteiger partial charge in [0.15, 0.2) is 0 Å². The standard InChI is InChI=1S/C29H38N6O2S/c1-19(20-8-7-9-22(14-20)37-6)32-27(36)35-12-10-34(11-13-35)26-25-23(30-18-31-26)15-24(38-25)21-16-28(2,3)33-29(4,5)17-21/h7-9,14-16,18-19,33H,10-13,17H2,1-6H3,(H,32,36). The van der Waals surface area contributed by atoms with Crippen molar-refractivity contribution in [2.45, 2.75) is 58.2 Å². The maximum Gasteiger partial charge on any atom is 0.317 e. The van der Waals surface area contributed by atoms with Crippen LogP contribution in [0.1, 0.15) is 57.5 Å². The summed E-state index contributed by atoms with van der Waals surface area (Å²) in [5.74, 6) is 1.75. The normalized spacial score (nSPS) is 19.7. The Bertz CT molecular complexity index is 1360. The van der Waals surface area contributed by atoms with Crippen molar-refractivity contribution in [3.63, 3.8) is 0 Å². The fourth-order valence-electron chi connectivity index (χ4n) is 5.69. The van der Waals surface area contributed by atoms with Gasteiger partial charge in [0.25, 0.3) is 0 Å². The van der Waals surface area contributed by atoms with Crippen LogP contribution in [-0.2, 0) is 0 Å². The molecule has 1 atom stereocenters. The van der Waals surface area contributed by atoms with Gasteiger partial charge in [-0.2, -0.15) is 0 Å². The van der Waals surface area contributed by atoms with Crippen LogP contribution < -0.4 is 20.3 Å². The first-order valence-corrected chi connectivity index (χ1v) is 14.1. The molecule has 2 aromatic heterocycles. The zero-order valence-corrected chi connectivity index (χ0v) is 24.0. The molecule has 1 fully saturated rings. The molecule has 2 amide bonds. The summed E-state index contributed by atoms with van der Waals surface area (Å²) in [7, 11) is 1.65. The van der Waals surface area contributed by atoms with Gasteiger partial charge in [0, 0.05) is 42.1 Å². The molecule has 5 rings (SSSR count). The molecule has 0 aliphatic carbocycles. The topological polar surface area (TPSA) is 82.6 Å². The number of hydrogen-bond donors (Lipinski definition) is 2. The number of piperazine rings is 1. The van der Waals surface area contributed by atoms with Crippen LogP contribution in [0.15, 0.2) is 42.7 Å². The van der Waals surface area contributed by atoms with E-state index in [4.69, 9.17) is 4.74 Å². The maximum atomic E-state index is 13.0. The number of carbonyl (C=O) groups is 1. The van der Waals surface area contributed by atoms with Gasteiger partial charge < -0.3 is 25.2 Å². The number of aromatic nitrogens is 2. The third-order valence-electron chi connectivity index (χ3n) is 7.24. The van der Waals surface area contributed by atoms with Crippen LogP contribution in [0.3, 0.4) is 0 Å². The van der Waals surface area contributed by atoms with Gasteiger partial charge in [0.2, 0.25) is 0 Å². The van der Waals surface area contributed by atoms with Crippen molar-refractivity contribution in [1.82, 2.24) is 25.5 Å². The molecule has 38 heavy (non-hydrogen) atoms. The number of benzene rings is 1. The predicted octanol–water partition coefficient (Wildman–Crippen LogP) is 5.23. The number of nitrogens with zero attached hydrogens (tertiary/aromatic N) is 4. The van der Waals surface area contributed by atoms with E-state index in [-0.39, 0.29) is 23.2 Å².